The summed E-state index contributed by atoms with van der Waals surface area (Å²) in [4.78, 5) is 28.2. The van der Waals surface area contributed by atoms with E-state index in [2.05, 4.69) is 5.32 Å². The van der Waals surface area contributed by atoms with Gasteiger partial charge in [0, 0.05) is 18.3 Å². The maximum atomic E-state index is 13.9. The predicted octanol–water partition coefficient (Wildman–Crippen LogP) is 5.62. The normalized spacial score (nSPS) is 15.1. The highest BCUT2D eigenvalue weighted by Gasteiger charge is 2.30. The number of aryl methyl sites for hydroxylation is 1. The Bertz CT molecular complexity index is 913. The molecule has 6 heteroatoms. The van der Waals surface area contributed by atoms with Crippen LogP contribution in [0, 0.1) is 12.7 Å². The molecule has 2 aromatic rings. The van der Waals surface area contributed by atoms with Gasteiger partial charge >= 0.3 is 0 Å². The quantitative estimate of drug-likeness (QED) is 0.490. The van der Waals surface area contributed by atoms with Crippen LogP contribution in [0.4, 0.5) is 4.39 Å². The molecule has 2 aromatic carbocycles. The lowest BCUT2D eigenvalue weighted by Crippen LogP contribution is -2.52. The minimum Gasteiger partial charge on any atom is -0.352 e. The van der Waals surface area contributed by atoms with Crippen LogP contribution in [0.1, 0.15) is 62.1 Å². The fourth-order valence-corrected chi connectivity index (χ4v) is 5.20. The zero-order chi connectivity index (χ0) is 23.6. The van der Waals surface area contributed by atoms with Crippen LogP contribution < -0.4 is 5.32 Å². The molecule has 0 saturated heterocycles. The Morgan fingerprint density at radius 1 is 1.09 bits per heavy atom. The predicted molar refractivity (Wildman–Crippen MR) is 133 cm³/mol. The SMILES string of the molecule is CC[C@@H](C(=O)NC1CCCCC1)N(Cc1ccc(C)cc1)C(=O)CSCc1ccccc1F. The zero-order valence-electron chi connectivity index (χ0n) is 19.7. The van der Waals surface area contributed by atoms with Gasteiger partial charge in [0.05, 0.1) is 5.75 Å². The molecule has 33 heavy (non-hydrogen) atoms. The smallest absolute Gasteiger partial charge is 0.243 e. The van der Waals surface area contributed by atoms with E-state index in [0.29, 0.717) is 24.3 Å². The van der Waals surface area contributed by atoms with Crippen LogP contribution in [0.25, 0.3) is 0 Å². The summed E-state index contributed by atoms with van der Waals surface area (Å²) in [6.45, 7) is 4.36. The molecule has 1 saturated carbocycles. The topological polar surface area (TPSA) is 49.4 Å². The van der Waals surface area contributed by atoms with Gasteiger partial charge in [-0.3, -0.25) is 9.59 Å². The molecule has 0 bridgehead atoms. The van der Waals surface area contributed by atoms with Gasteiger partial charge in [-0.1, -0.05) is 74.2 Å². The Balaban J connectivity index is 1.70. The third kappa shape index (κ3) is 7.60. The maximum Gasteiger partial charge on any atom is 0.243 e. The molecule has 0 aliphatic heterocycles. The van der Waals surface area contributed by atoms with E-state index in [1.54, 1.807) is 23.1 Å². The van der Waals surface area contributed by atoms with Crippen molar-refractivity contribution in [3.05, 3.63) is 71.0 Å². The van der Waals surface area contributed by atoms with Crippen molar-refractivity contribution < 1.29 is 14.0 Å². The largest absolute Gasteiger partial charge is 0.352 e. The molecule has 3 rings (SSSR count). The summed E-state index contributed by atoms with van der Waals surface area (Å²) in [6, 6.07) is 14.4. The number of amides is 2. The van der Waals surface area contributed by atoms with Crippen molar-refractivity contribution in [2.75, 3.05) is 5.75 Å². The van der Waals surface area contributed by atoms with Crippen LogP contribution in [0.15, 0.2) is 48.5 Å². The minimum absolute atomic E-state index is 0.0658. The lowest BCUT2D eigenvalue weighted by molar-refractivity contribution is -0.139. The number of thioether (sulfide) groups is 1. The van der Waals surface area contributed by atoms with Gasteiger partial charge in [-0.15, -0.1) is 11.8 Å². The maximum absolute atomic E-state index is 13.9. The summed E-state index contributed by atoms with van der Waals surface area (Å²) < 4.78 is 13.9. The molecule has 1 aliphatic rings. The van der Waals surface area contributed by atoms with Gasteiger partial charge in [0.1, 0.15) is 11.9 Å². The summed E-state index contributed by atoms with van der Waals surface area (Å²) >= 11 is 1.38. The molecule has 0 aromatic heterocycles. The Morgan fingerprint density at radius 3 is 2.45 bits per heavy atom. The Morgan fingerprint density at radius 2 is 1.79 bits per heavy atom. The van der Waals surface area contributed by atoms with E-state index in [0.717, 1.165) is 36.8 Å². The van der Waals surface area contributed by atoms with E-state index in [9.17, 15) is 14.0 Å². The van der Waals surface area contributed by atoms with Crippen molar-refractivity contribution in [2.24, 2.45) is 0 Å². The van der Waals surface area contributed by atoms with Gasteiger partial charge in [-0.05, 0) is 43.4 Å². The molecule has 0 radical (unpaired) electrons. The van der Waals surface area contributed by atoms with Gasteiger partial charge in [-0.25, -0.2) is 4.39 Å². The highest BCUT2D eigenvalue weighted by molar-refractivity contribution is 7.99. The van der Waals surface area contributed by atoms with Crippen molar-refractivity contribution in [2.45, 2.75) is 76.8 Å². The number of halogens is 1. The van der Waals surface area contributed by atoms with Gasteiger partial charge in [-0.2, -0.15) is 0 Å². The van der Waals surface area contributed by atoms with E-state index < -0.39 is 6.04 Å². The fraction of sp³-hybridized carbons (Fsp3) is 0.481. The Labute approximate surface area is 201 Å². The van der Waals surface area contributed by atoms with Crippen LogP contribution in [0.2, 0.25) is 0 Å². The number of benzene rings is 2. The second-order valence-electron chi connectivity index (χ2n) is 8.86. The molecule has 178 valence electrons. The number of nitrogens with zero attached hydrogens (tertiary/aromatic N) is 1. The first kappa shape index (κ1) is 25.3. The molecular formula is C27H35FN2O2S. The first-order chi connectivity index (χ1) is 16.0. The molecule has 1 N–H and O–H groups in total. The molecule has 0 spiro atoms. The number of carbonyl (C=O) groups excluding carboxylic acids is 2. The van der Waals surface area contributed by atoms with E-state index in [4.69, 9.17) is 0 Å². The molecule has 0 heterocycles. The Hall–Kier alpha value is -2.34. The van der Waals surface area contributed by atoms with Crippen molar-refractivity contribution >= 4 is 23.6 Å². The molecule has 1 fully saturated rings. The number of nitrogens with one attached hydrogen (secondary N) is 1. The molecule has 4 nitrogen and oxygen atoms in total. The molecule has 1 atom stereocenters. The third-order valence-corrected chi connectivity index (χ3v) is 7.22. The van der Waals surface area contributed by atoms with E-state index in [1.165, 1.54) is 24.2 Å². The number of hydrogen-bond acceptors (Lipinski definition) is 3. The number of carbonyl (C=O) groups is 2. The van der Waals surface area contributed by atoms with Crippen molar-refractivity contribution in [1.82, 2.24) is 10.2 Å². The summed E-state index contributed by atoms with van der Waals surface area (Å²) in [6.07, 6.45) is 6.06. The molecule has 1 aliphatic carbocycles. The first-order valence-electron chi connectivity index (χ1n) is 11.9. The minimum atomic E-state index is -0.519. The number of hydrogen-bond donors (Lipinski definition) is 1. The molecule has 0 unspecified atom stereocenters. The lowest BCUT2D eigenvalue weighted by Gasteiger charge is -2.32. The monoisotopic (exact) mass is 470 g/mol. The second kappa shape index (κ2) is 12.8. The van der Waals surface area contributed by atoms with E-state index in [-0.39, 0.29) is 29.4 Å². The van der Waals surface area contributed by atoms with Crippen molar-refractivity contribution in [3.63, 3.8) is 0 Å². The van der Waals surface area contributed by atoms with Crippen LogP contribution in [0.5, 0.6) is 0 Å². The van der Waals surface area contributed by atoms with Gasteiger partial charge in [0.25, 0.3) is 0 Å². The van der Waals surface area contributed by atoms with Crippen LogP contribution in [0.3, 0.4) is 0 Å². The fourth-order valence-electron chi connectivity index (χ4n) is 4.30. The van der Waals surface area contributed by atoms with Crippen LogP contribution in [-0.2, 0) is 21.9 Å². The van der Waals surface area contributed by atoms with Crippen LogP contribution in [-0.4, -0.2) is 34.6 Å². The Kier molecular flexibility index (Phi) is 9.79. The van der Waals surface area contributed by atoms with E-state index in [1.807, 2.05) is 38.1 Å². The summed E-state index contributed by atoms with van der Waals surface area (Å²) in [5, 5.41) is 3.20. The standard InChI is InChI=1S/C27H35FN2O2S/c1-3-25(27(32)29-23-10-5-4-6-11-23)30(17-21-15-13-20(2)14-16-21)26(31)19-33-18-22-9-7-8-12-24(22)28/h7-9,12-16,23,25H,3-6,10-11,17-19H2,1-2H3,(H,29,32)/t25-/m0/s1. The highest BCUT2D eigenvalue weighted by Crippen LogP contribution is 2.21. The molecular weight excluding hydrogens is 435 g/mol. The van der Waals surface area contributed by atoms with Gasteiger partial charge in [0.2, 0.25) is 11.8 Å². The summed E-state index contributed by atoms with van der Waals surface area (Å²) in [5.74, 6) is 0.202. The number of rotatable bonds is 10. The van der Waals surface area contributed by atoms with Crippen LogP contribution >= 0.6 is 11.8 Å². The van der Waals surface area contributed by atoms with E-state index >= 15 is 0 Å². The lowest BCUT2D eigenvalue weighted by atomic mass is 9.95. The zero-order valence-corrected chi connectivity index (χ0v) is 20.5. The first-order valence-corrected chi connectivity index (χ1v) is 13.1. The van der Waals surface area contributed by atoms with Crippen molar-refractivity contribution in [3.8, 4) is 0 Å². The van der Waals surface area contributed by atoms with Crippen molar-refractivity contribution in [1.29, 1.82) is 0 Å². The third-order valence-electron chi connectivity index (χ3n) is 6.25. The summed E-state index contributed by atoms with van der Waals surface area (Å²) in [7, 11) is 0. The average molecular weight is 471 g/mol. The highest BCUT2D eigenvalue weighted by atomic mass is 32.2. The summed E-state index contributed by atoms with van der Waals surface area (Å²) in [5.41, 5.74) is 2.73. The molecule has 2 amide bonds. The van der Waals surface area contributed by atoms with Gasteiger partial charge < -0.3 is 10.2 Å². The second-order valence-corrected chi connectivity index (χ2v) is 9.84. The average Bonchev–Trinajstić information content (AvgIpc) is 2.82. The van der Waals surface area contributed by atoms with Gasteiger partial charge in [0.15, 0.2) is 0 Å².